The van der Waals surface area contributed by atoms with Gasteiger partial charge in [-0.1, -0.05) is 41.5 Å². The molecule has 0 aliphatic rings. The van der Waals surface area contributed by atoms with Gasteiger partial charge in [0.15, 0.2) is 0 Å². The molecule has 0 aromatic rings. The second kappa shape index (κ2) is 6.87. The summed E-state index contributed by atoms with van der Waals surface area (Å²) in [6.07, 6.45) is 0. The lowest BCUT2D eigenvalue weighted by Crippen LogP contribution is -2.43. The summed E-state index contributed by atoms with van der Waals surface area (Å²) in [6, 6.07) is 0.302. The molecule has 0 heterocycles. The maximum atomic E-state index is 12.0. The molecule has 2 N–H and O–H groups in total. The summed E-state index contributed by atoms with van der Waals surface area (Å²) in [6.45, 7) is 15.2. The first-order valence-corrected chi connectivity index (χ1v) is 8.23. The van der Waals surface area contributed by atoms with Crippen molar-refractivity contribution in [2.24, 2.45) is 11.3 Å². The molecule has 0 aliphatic heterocycles. The Bertz CT molecular complexity index is 331. The Morgan fingerprint density at radius 2 is 1.50 bits per heavy atom. The Kier molecular flexibility index (Phi) is 6.82. The first-order chi connectivity index (χ1) is 7.97. The topological polar surface area (TPSA) is 58.2 Å². The van der Waals surface area contributed by atoms with Crippen LogP contribution in [-0.2, 0) is 10.0 Å². The van der Waals surface area contributed by atoms with Crippen LogP contribution in [0.5, 0.6) is 0 Å². The minimum absolute atomic E-state index is 0.113. The first-order valence-electron chi connectivity index (χ1n) is 6.68. The van der Waals surface area contributed by atoms with E-state index in [1.807, 2.05) is 13.8 Å². The van der Waals surface area contributed by atoms with Gasteiger partial charge < -0.3 is 5.32 Å². The SMILES string of the molecule is CC(C)NCC(C)S(=O)(=O)NCC(C)C(C)(C)C. The molecule has 0 fully saturated rings. The third-order valence-electron chi connectivity index (χ3n) is 3.41. The lowest BCUT2D eigenvalue weighted by atomic mass is 9.82. The van der Waals surface area contributed by atoms with Gasteiger partial charge in [0, 0.05) is 19.1 Å². The highest BCUT2D eigenvalue weighted by Gasteiger charge is 2.25. The first kappa shape index (κ1) is 17.9. The van der Waals surface area contributed by atoms with Gasteiger partial charge in [-0.25, -0.2) is 13.1 Å². The van der Waals surface area contributed by atoms with Crippen LogP contribution in [0.3, 0.4) is 0 Å². The molecule has 0 spiro atoms. The molecule has 0 amide bonds. The van der Waals surface area contributed by atoms with Crippen LogP contribution in [0.25, 0.3) is 0 Å². The third-order valence-corrected chi connectivity index (χ3v) is 5.21. The van der Waals surface area contributed by atoms with Crippen LogP contribution >= 0.6 is 0 Å². The molecule has 0 aromatic carbocycles. The molecule has 5 heteroatoms. The van der Waals surface area contributed by atoms with Crippen LogP contribution in [0.15, 0.2) is 0 Å². The van der Waals surface area contributed by atoms with E-state index in [0.717, 1.165) is 0 Å². The van der Waals surface area contributed by atoms with Crippen LogP contribution in [0, 0.1) is 11.3 Å². The molecular weight excluding hydrogens is 248 g/mol. The van der Waals surface area contributed by atoms with Crippen molar-refractivity contribution in [2.75, 3.05) is 13.1 Å². The van der Waals surface area contributed by atoms with Crippen LogP contribution in [0.4, 0.5) is 0 Å². The summed E-state index contributed by atoms with van der Waals surface area (Å²) in [4.78, 5) is 0. The van der Waals surface area contributed by atoms with Gasteiger partial charge >= 0.3 is 0 Å². The van der Waals surface area contributed by atoms with Crippen LogP contribution in [0.1, 0.15) is 48.5 Å². The fraction of sp³-hybridized carbons (Fsp3) is 1.00. The fourth-order valence-electron chi connectivity index (χ4n) is 1.20. The average molecular weight is 278 g/mol. The molecular formula is C13H30N2O2S. The highest BCUT2D eigenvalue weighted by Crippen LogP contribution is 2.24. The molecule has 0 aliphatic carbocycles. The highest BCUT2D eigenvalue weighted by molar-refractivity contribution is 7.90. The minimum atomic E-state index is -3.22. The van der Waals surface area contributed by atoms with Crippen molar-refractivity contribution >= 4 is 10.0 Å². The van der Waals surface area contributed by atoms with Gasteiger partial charge in [0.2, 0.25) is 10.0 Å². The Morgan fingerprint density at radius 3 is 1.89 bits per heavy atom. The van der Waals surface area contributed by atoms with Crippen molar-refractivity contribution in [3.8, 4) is 0 Å². The van der Waals surface area contributed by atoms with Gasteiger partial charge in [-0.15, -0.1) is 0 Å². The van der Waals surface area contributed by atoms with Crippen LogP contribution in [-0.4, -0.2) is 32.8 Å². The van der Waals surface area contributed by atoms with Crippen molar-refractivity contribution in [3.05, 3.63) is 0 Å². The van der Waals surface area contributed by atoms with E-state index in [1.165, 1.54) is 0 Å². The van der Waals surface area contributed by atoms with Gasteiger partial charge in [0.1, 0.15) is 0 Å². The summed E-state index contributed by atoms with van der Waals surface area (Å²) >= 11 is 0. The molecule has 2 unspecified atom stereocenters. The van der Waals surface area contributed by atoms with Crippen molar-refractivity contribution in [2.45, 2.75) is 59.8 Å². The van der Waals surface area contributed by atoms with Crippen molar-refractivity contribution in [3.63, 3.8) is 0 Å². The standard InChI is InChI=1S/C13H30N2O2S/c1-10(2)14-9-12(4)18(16,17)15-8-11(3)13(5,6)7/h10-12,14-15H,8-9H2,1-7H3. The Labute approximate surface area is 113 Å². The number of hydrogen-bond acceptors (Lipinski definition) is 3. The van der Waals surface area contributed by atoms with E-state index in [0.29, 0.717) is 25.0 Å². The average Bonchev–Trinajstić information content (AvgIpc) is 2.20. The quantitative estimate of drug-likeness (QED) is 0.748. The molecule has 0 radical (unpaired) electrons. The van der Waals surface area contributed by atoms with Gasteiger partial charge in [0.05, 0.1) is 5.25 Å². The second-order valence-corrected chi connectivity index (χ2v) is 8.72. The summed E-state index contributed by atoms with van der Waals surface area (Å²) in [5, 5.41) is 2.74. The Hall–Kier alpha value is -0.130. The largest absolute Gasteiger partial charge is 0.313 e. The fourth-order valence-corrected chi connectivity index (χ4v) is 2.28. The highest BCUT2D eigenvalue weighted by atomic mass is 32.2. The van der Waals surface area contributed by atoms with E-state index in [-0.39, 0.29) is 5.41 Å². The van der Waals surface area contributed by atoms with Gasteiger partial charge in [-0.3, -0.25) is 0 Å². The van der Waals surface area contributed by atoms with E-state index >= 15 is 0 Å². The molecule has 18 heavy (non-hydrogen) atoms. The van der Waals surface area contributed by atoms with E-state index in [1.54, 1.807) is 6.92 Å². The zero-order valence-corrected chi connectivity index (χ0v) is 13.7. The van der Waals surface area contributed by atoms with Gasteiger partial charge in [-0.2, -0.15) is 0 Å². The molecule has 110 valence electrons. The van der Waals surface area contributed by atoms with E-state index in [2.05, 4.69) is 37.7 Å². The van der Waals surface area contributed by atoms with E-state index in [9.17, 15) is 8.42 Å². The summed E-state index contributed by atoms with van der Waals surface area (Å²) < 4.78 is 26.8. The van der Waals surface area contributed by atoms with Crippen molar-refractivity contribution < 1.29 is 8.42 Å². The molecule has 0 bridgehead atoms. The number of sulfonamides is 1. The summed E-state index contributed by atoms with van der Waals surface area (Å²) in [5.41, 5.74) is 0.113. The van der Waals surface area contributed by atoms with Gasteiger partial charge in [-0.05, 0) is 18.3 Å². The number of hydrogen-bond donors (Lipinski definition) is 2. The monoisotopic (exact) mass is 278 g/mol. The number of nitrogens with one attached hydrogen (secondary N) is 2. The zero-order chi connectivity index (χ0) is 14.6. The minimum Gasteiger partial charge on any atom is -0.313 e. The number of rotatable bonds is 7. The second-order valence-electron chi connectivity index (χ2n) is 6.53. The Morgan fingerprint density at radius 1 is 1.00 bits per heavy atom. The predicted octanol–water partition coefficient (Wildman–Crippen LogP) is 1.97. The lowest BCUT2D eigenvalue weighted by Gasteiger charge is -2.28. The summed E-state index contributed by atoms with van der Waals surface area (Å²) in [5.74, 6) is 0.303. The maximum absolute atomic E-state index is 12.0. The lowest BCUT2D eigenvalue weighted by molar-refractivity contribution is 0.263. The van der Waals surface area contributed by atoms with Crippen molar-refractivity contribution in [1.82, 2.24) is 10.0 Å². The van der Waals surface area contributed by atoms with Crippen molar-refractivity contribution in [1.29, 1.82) is 0 Å². The predicted molar refractivity (Wildman–Crippen MR) is 78.1 cm³/mol. The van der Waals surface area contributed by atoms with Crippen LogP contribution < -0.4 is 10.0 Å². The zero-order valence-electron chi connectivity index (χ0n) is 12.9. The van der Waals surface area contributed by atoms with E-state index < -0.39 is 15.3 Å². The van der Waals surface area contributed by atoms with Crippen LogP contribution in [0.2, 0.25) is 0 Å². The molecule has 0 saturated carbocycles. The smallest absolute Gasteiger partial charge is 0.215 e. The molecule has 4 nitrogen and oxygen atoms in total. The normalized spacial score (nSPS) is 16.9. The third kappa shape index (κ3) is 6.71. The van der Waals surface area contributed by atoms with E-state index in [4.69, 9.17) is 0 Å². The summed E-state index contributed by atoms with van der Waals surface area (Å²) in [7, 11) is -3.22. The molecule has 0 aromatic heterocycles. The molecule has 0 rings (SSSR count). The molecule has 2 atom stereocenters. The van der Waals surface area contributed by atoms with Gasteiger partial charge in [0.25, 0.3) is 0 Å². The Balaban J connectivity index is 4.31. The molecule has 0 saturated heterocycles. The maximum Gasteiger partial charge on any atom is 0.215 e.